The lowest BCUT2D eigenvalue weighted by molar-refractivity contribution is -0.133. The van der Waals surface area contributed by atoms with Crippen molar-refractivity contribution in [1.29, 1.82) is 0 Å². The number of carboxylic acid groups (broad SMARTS) is 1. The summed E-state index contributed by atoms with van der Waals surface area (Å²) in [5, 5.41) is 17.9. The minimum atomic E-state index is -0.880. The molecule has 0 aliphatic rings. The largest absolute Gasteiger partial charge is 0.481 e. The van der Waals surface area contributed by atoms with Gasteiger partial charge in [-0.25, -0.2) is 0 Å². The number of hydrogen-bond donors (Lipinski definition) is 1. The Morgan fingerprint density at radius 1 is 1.09 bits per heavy atom. The number of para-hydroxylation sites is 1. The molecule has 1 heterocycles. The zero-order valence-corrected chi connectivity index (χ0v) is 13.3. The first kappa shape index (κ1) is 15.3. The molecule has 1 aromatic heterocycles. The molecule has 0 radical (unpaired) electrons. The van der Waals surface area contributed by atoms with Gasteiger partial charge in [-0.05, 0) is 19.1 Å². The second kappa shape index (κ2) is 6.66. The zero-order chi connectivity index (χ0) is 16.2. The number of rotatable bonds is 5. The molecule has 0 saturated heterocycles. The number of aliphatic carboxylic acids is 1. The molecule has 5 nitrogen and oxygen atoms in total. The van der Waals surface area contributed by atoms with Crippen LogP contribution < -0.4 is 0 Å². The number of nitrogens with zero attached hydrogens (tertiary/aromatic N) is 3. The molecule has 0 spiro atoms. The first-order valence-electron chi connectivity index (χ1n) is 7.07. The highest BCUT2D eigenvalue weighted by Gasteiger charge is 2.16. The third-order valence-electron chi connectivity index (χ3n) is 3.28. The van der Waals surface area contributed by atoms with E-state index < -0.39 is 5.97 Å². The van der Waals surface area contributed by atoms with Gasteiger partial charge in [0.25, 0.3) is 0 Å². The van der Waals surface area contributed by atoms with Crippen LogP contribution in [0, 0.1) is 6.92 Å². The highest BCUT2D eigenvalue weighted by atomic mass is 32.2. The number of benzene rings is 2. The van der Waals surface area contributed by atoms with Gasteiger partial charge in [0, 0.05) is 11.3 Å². The molecule has 6 heteroatoms. The van der Waals surface area contributed by atoms with E-state index in [1.807, 2.05) is 66.1 Å². The van der Waals surface area contributed by atoms with Crippen molar-refractivity contribution < 1.29 is 9.90 Å². The van der Waals surface area contributed by atoms with E-state index in [1.54, 1.807) is 0 Å². The van der Waals surface area contributed by atoms with Gasteiger partial charge < -0.3 is 5.11 Å². The number of aromatic nitrogens is 3. The van der Waals surface area contributed by atoms with Crippen molar-refractivity contribution in [2.75, 3.05) is 5.75 Å². The number of carbonyl (C=O) groups is 1. The normalized spacial score (nSPS) is 10.7. The van der Waals surface area contributed by atoms with E-state index in [1.165, 1.54) is 5.56 Å². The number of aryl methyl sites for hydroxylation is 1. The van der Waals surface area contributed by atoms with Gasteiger partial charge in [0.1, 0.15) is 0 Å². The van der Waals surface area contributed by atoms with Gasteiger partial charge in [0.15, 0.2) is 11.0 Å². The Kier molecular flexibility index (Phi) is 4.43. The summed E-state index contributed by atoms with van der Waals surface area (Å²) in [5.74, 6) is -0.239. The average molecular weight is 325 g/mol. The van der Waals surface area contributed by atoms with E-state index in [2.05, 4.69) is 10.2 Å². The fourth-order valence-electron chi connectivity index (χ4n) is 2.19. The third kappa shape index (κ3) is 3.43. The van der Waals surface area contributed by atoms with Crippen molar-refractivity contribution in [3.63, 3.8) is 0 Å². The van der Waals surface area contributed by atoms with E-state index in [0.717, 1.165) is 23.0 Å². The van der Waals surface area contributed by atoms with E-state index in [0.29, 0.717) is 11.0 Å². The maximum atomic E-state index is 10.9. The monoisotopic (exact) mass is 325 g/mol. The molecule has 0 saturated carbocycles. The summed E-state index contributed by atoms with van der Waals surface area (Å²) < 4.78 is 1.89. The molecule has 3 aromatic rings. The smallest absolute Gasteiger partial charge is 0.313 e. The van der Waals surface area contributed by atoms with Gasteiger partial charge in [-0.1, -0.05) is 59.8 Å². The van der Waals surface area contributed by atoms with Crippen LogP contribution in [0.3, 0.4) is 0 Å². The minimum absolute atomic E-state index is 0.0567. The van der Waals surface area contributed by atoms with Crippen molar-refractivity contribution in [3.05, 3.63) is 60.2 Å². The summed E-state index contributed by atoms with van der Waals surface area (Å²) in [4.78, 5) is 10.9. The van der Waals surface area contributed by atoms with Crippen LogP contribution in [-0.4, -0.2) is 31.6 Å². The van der Waals surface area contributed by atoms with Gasteiger partial charge in [0.2, 0.25) is 0 Å². The minimum Gasteiger partial charge on any atom is -0.481 e. The first-order valence-corrected chi connectivity index (χ1v) is 8.06. The van der Waals surface area contributed by atoms with Crippen LogP contribution in [0.1, 0.15) is 5.56 Å². The van der Waals surface area contributed by atoms with E-state index in [-0.39, 0.29) is 5.75 Å². The van der Waals surface area contributed by atoms with Crippen molar-refractivity contribution in [2.45, 2.75) is 12.1 Å². The Morgan fingerprint density at radius 3 is 2.43 bits per heavy atom. The lowest BCUT2D eigenvalue weighted by atomic mass is 10.1. The molecule has 3 rings (SSSR count). The number of carboxylic acids is 1. The highest BCUT2D eigenvalue weighted by Crippen LogP contribution is 2.27. The predicted molar refractivity (Wildman–Crippen MR) is 89.9 cm³/mol. The van der Waals surface area contributed by atoms with Crippen LogP contribution in [0.5, 0.6) is 0 Å². The molecule has 0 unspecified atom stereocenters. The number of hydrogen-bond acceptors (Lipinski definition) is 4. The fourth-order valence-corrected chi connectivity index (χ4v) is 2.86. The number of thioether (sulfide) groups is 1. The van der Waals surface area contributed by atoms with E-state index >= 15 is 0 Å². The topological polar surface area (TPSA) is 68.0 Å². The van der Waals surface area contributed by atoms with Crippen molar-refractivity contribution in [2.24, 2.45) is 0 Å². The Hall–Kier alpha value is -2.60. The van der Waals surface area contributed by atoms with Crippen molar-refractivity contribution in [3.8, 4) is 17.1 Å². The summed E-state index contributed by atoms with van der Waals surface area (Å²) >= 11 is 1.16. The maximum absolute atomic E-state index is 10.9. The van der Waals surface area contributed by atoms with Crippen LogP contribution >= 0.6 is 11.8 Å². The van der Waals surface area contributed by atoms with E-state index in [4.69, 9.17) is 5.11 Å². The van der Waals surface area contributed by atoms with Gasteiger partial charge in [-0.2, -0.15) is 0 Å². The lowest BCUT2D eigenvalue weighted by Crippen LogP contribution is -2.03. The third-order valence-corrected chi connectivity index (χ3v) is 4.20. The van der Waals surface area contributed by atoms with Gasteiger partial charge in [0.05, 0.1) is 5.75 Å². The molecule has 0 fully saturated rings. The zero-order valence-electron chi connectivity index (χ0n) is 12.5. The summed E-state index contributed by atoms with van der Waals surface area (Å²) in [5.41, 5.74) is 3.01. The molecule has 116 valence electrons. The molecule has 23 heavy (non-hydrogen) atoms. The second-order valence-electron chi connectivity index (χ2n) is 5.03. The molecule has 0 bridgehead atoms. The quantitative estimate of drug-likeness (QED) is 0.728. The fraction of sp³-hybridized carbons (Fsp3) is 0.118. The summed E-state index contributed by atoms with van der Waals surface area (Å²) in [7, 11) is 0. The average Bonchev–Trinajstić information content (AvgIpc) is 2.98. The van der Waals surface area contributed by atoms with Crippen molar-refractivity contribution in [1.82, 2.24) is 14.8 Å². The Bertz CT molecular complexity index is 814. The second-order valence-corrected chi connectivity index (χ2v) is 5.97. The van der Waals surface area contributed by atoms with Crippen LogP contribution in [-0.2, 0) is 4.79 Å². The van der Waals surface area contributed by atoms with Crippen LogP contribution in [0.2, 0.25) is 0 Å². The molecular formula is C17H15N3O2S. The molecular weight excluding hydrogens is 310 g/mol. The first-order chi connectivity index (χ1) is 11.1. The van der Waals surface area contributed by atoms with Gasteiger partial charge >= 0.3 is 5.97 Å². The Labute approximate surface area is 138 Å². The van der Waals surface area contributed by atoms with Gasteiger partial charge in [-0.3, -0.25) is 9.36 Å². The SMILES string of the molecule is Cc1ccc(-c2nnc(SCC(=O)O)n2-c2ccccc2)cc1. The van der Waals surface area contributed by atoms with E-state index in [9.17, 15) is 4.79 Å². The Balaban J connectivity index is 2.09. The van der Waals surface area contributed by atoms with Crippen LogP contribution in [0.15, 0.2) is 59.8 Å². The summed E-state index contributed by atoms with van der Waals surface area (Å²) in [6.45, 7) is 2.03. The van der Waals surface area contributed by atoms with Crippen LogP contribution in [0.4, 0.5) is 0 Å². The molecule has 2 aromatic carbocycles. The van der Waals surface area contributed by atoms with Gasteiger partial charge in [-0.15, -0.1) is 10.2 Å². The molecule has 0 aliphatic heterocycles. The highest BCUT2D eigenvalue weighted by molar-refractivity contribution is 7.99. The maximum Gasteiger partial charge on any atom is 0.313 e. The van der Waals surface area contributed by atoms with Crippen molar-refractivity contribution >= 4 is 17.7 Å². The Morgan fingerprint density at radius 2 is 1.78 bits per heavy atom. The van der Waals surface area contributed by atoms with Crippen LogP contribution in [0.25, 0.3) is 17.1 Å². The summed E-state index contributed by atoms with van der Waals surface area (Å²) in [6, 6.07) is 17.7. The standard InChI is InChI=1S/C17H15N3O2S/c1-12-7-9-13(10-8-12)16-18-19-17(23-11-15(21)22)20(16)14-5-3-2-4-6-14/h2-10H,11H2,1H3,(H,21,22). The molecule has 0 atom stereocenters. The summed E-state index contributed by atoms with van der Waals surface area (Å²) in [6.07, 6.45) is 0. The molecule has 1 N–H and O–H groups in total. The predicted octanol–water partition coefficient (Wildman–Crippen LogP) is 3.42. The molecule has 0 aliphatic carbocycles. The molecule has 0 amide bonds. The lowest BCUT2D eigenvalue weighted by Gasteiger charge is -2.10.